The predicted molar refractivity (Wildman–Crippen MR) is 104 cm³/mol. The second kappa shape index (κ2) is 7.94. The van der Waals surface area contributed by atoms with Gasteiger partial charge in [-0.25, -0.2) is 18.4 Å². The van der Waals surface area contributed by atoms with Crippen molar-refractivity contribution in [2.45, 2.75) is 42.9 Å². The lowest BCUT2D eigenvalue weighted by Gasteiger charge is -2.37. The quantitative estimate of drug-likeness (QED) is 0.477. The van der Waals surface area contributed by atoms with E-state index in [4.69, 9.17) is 4.74 Å². The minimum Gasteiger partial charge on any atom is -0.481 e. The Morgan fingerprint density at radius 1 is 1.19 bits per heavy atom. The Morgan fingerprint density at radius 2 is 1.84 bits per heavy atom. The minimum absolute atomic E-state index is 0.0896. The van der Waals surface area contributed by atoms with Crippen molar-refractivity contribution in [1.82, 2.24) is 5.32 Å². The Balaban J connectivity index is 1.91. The molecule has 0 radical (unpaired) electrons. The largest absolute Gasteiger partial charge is 0.481 e. The first-order valence-electron chi connectivity index (χ1n) is 9.53. The third-order valence-electron chi connectivity index (χ3n) is 5.66. The number of hydrogen-bond donors (Lipinski definition) is 4. The summed E-state index contributed by atoms with van der Waals surface area (Å²) in [7, 11) is 0. The van der Waals surface area contributed by atoms with E-state index >= 15 is 0 Å². The van der Waals surface area contributed by atoms with Crippen LogP contribution in [-0.2, 0) is 14.3 Å². The van der Waals surface area contributed by atoms with Crippen molar-refractivity contribution < 1.29 is 43.2 Å². The number of rotatable bonds is 6. The molecule has 31 heavy (non-hydrogen) atoms. The lowest BCUT2D eigenvalue weighted by atomic mass is 9.80. The molecule has 0 saturated heterocycles. The van der Waals surface area contributed by atoms with Gasteiger partial charge in [-0.15, -0.1) is 11.8 Å². The summed E-state index contributed by atoms with van der Waals surface area (Å²) in [6.45, 7) is 4.75. The second-order valence-corrected chi connectivity index (χ2v) is 9.85. The molecule has 3 rings (SSSR count). The number of ether oxygens (including phenoxy) is 1. The highest BCUT2D eigenvalue weighted by Gasteiger charge is 2.79. The molecule has 0 aliphatic heterocycles. The monoisotopic (exact) mass is 459 g/mol. The number of alkyl carbamates (subject to hydrolysis) is 1. The molecule has 170 valence electrons. The highest BCUT2D eigenvalue weighted by molar-refractivity contribution is 7.99. The van der Waals surface area contributed by atoms with Crippen molar-refractivity contribution >= 4 is 29.8 Å². The van der Waals surface area contributed by atoms with Crippen LogP contribution in [0.15, 0.2) is 23.1 Å². The van der Waals surface area contributed by atoms with Crippen LogP contribution in [0.2, 0.25) is 0 Å². The van der Waals surface area contributed by atoms with E-state index in [9.17, 15) is 38.5 Å². The van der Waals surface area contributed by atoms with Crippen LogP contribution in [0.1, 0.15) is 20.8 Å². The van der Waals surface area contributed by atoms with E-state index in [0.29, 0.717) is 0 Å². The van der Waals surface area contributed by atoms with E-state index in [2.05, 4.69) is 5.32 Å². The predicted octanol–water partition coefficient (Wildman–Crippen LogP) is 2.34. The van der Waals surface area contributed by atoms with Crippen molar-refractivity contribution in [1.29, 1.82) is 0 Å². The summed E-state index contributed by atoms with van der Waals surface area (Å²) >= 11 is 0.967. The van der Waals surface area contributed by atoms with Crippen molar-refractivity contribution in [3.63, 3.8) is 0 Å². The van der Waals surface area contributed by atoms with Crippen molar-refractivity contribution in [3.8, 4) is 0 Å². The number of aliphatic carboxylic acids is 2. The fourth-order valence-electron chi connectivity index (χ4n) is 4.44. The number of amides is 1. The third kappa shape index (κ3) is 4.20. The zero-order valence-electron chi connectivity index (χ0n) is 17.0. The number of hydrogen-bond acceptors (Lipinski definition) is 6. The fraction of sp³-hybridized carbons (Fsp3) is 0.550. The normalized spacial score (nSPS) is 31.6. The Bertz CT molecular complexity index is 921. The first-order valence-corrected chi connectivity index (χ1v) is 10.5. The Labute approximate surface area is 181 Å². The molecule has 2 aliphatic rings. The average molecular weight is 459 g/mol. The third-order valence-corrected chi connectivity index (χ3v) is 6.77. The first kappa shape index (κ1) is 23.3. The Kier molecular flexibility index (Phi) is 5.96. The lowest BCUT2D eigenvalue weighted by Crippen LogP contribution is -2.63. The summed E-state index contributed by atoms with van der Waals surface area (Å²) in [4.78, 5) is 36.7. The van der Waals surface area contributed by atoms with Crippen molar-refractivity contribution in [2.24, 2.45) is 23.7 Å². The lowest BCUT2D eigenvalue weighted by molar-refractivity contribution is -0.150. The number of aliphatic hydroxyl groups excluding tert-OH is 1. The summed E-state index contributed by atoms with van der Waals surface area (Å²) in [5, 5.41) is 32.6. The Hall–Kier alpha value is -2.40. The van der Waals surface area contributed by atoms with Gasteiger partial charge in [0.05, 0.1) is 12.0 Å². The van der Waals surface area contributed by atoms with Crippen molar-refractivity contribution in [2.75, 3.05) is 5.75 Å². The zero-order valence-corrected chi connectivity index (χ0v) is 17.8. The molecular weight excluding hydrogens is 436 g/mol. The number of benzene rings is 1. The van der Waals surface area contributed by atoms with E-state index in [0.717, 1.165) is 23.9 Å². The molecule has 4 N–H and O–H groups in total. The number of carboxylic acid groups (broad SMARTS) is 2. The number of thioether (sulfide) groups is 1. The zero-order chi connectivity index (χ0) is 23.3. The van der Waals surface area contributed by atoms with Gasteiger partial charge in [-0.3, -0.25) is 4.79 Å². The van der Waals surface area contributed by atoms with Gasteiger partial charge in [0.25, 0.3) is 0 Å². The number of nitrogens with one attached hydrogen (secondary N) is 1. The van der Waals surface area contributed by atoms with Gasteiger partial charge in [-0.05, 0) is 39.0 Å². The number of fused-ring (bicyclic) bond motifs is 1. The topological polar surface area (TPSA) is 133 Å². The molecule has 0 aromatic heterocycles. The molecule has 2 aliphatic carbocycles. The molecule has 0 bridgehead atoms. The van der Waals surface area contributed by atoms with Gasteiger partial charge < -0.3 is 25.4 Å². The van der Waals surface area contributed by atoms with E-state index in [-0.39, 0.29) is 10.6 Å². The molecule has 6 atom stereocenters. The van der Waals surface area contributed by atoms with Crippen molar-refractivity contribution in [3.05, 3.63) is 29.8 Å². The number of carboxylic acids is 2. The highest BCUT2D eigenvalue weighted by atomic mass is 32.2. The standard InChI is InChI=1S/C20H23F2NO7S/c1-19(2,3)30-18(29)23-20(17(27)28)9(15(24)12-13(14(12)20)16(25)26)7-31-8-4-5-10(21)11(22)6-8/h4-6,9,12-15,24H,7H2,1-3H3,(H,23,29)(H,25,26)(H,27,28)/t9-,12+,13+,14+,15-,20+/m1/s1. The summed E-state index contributed by atoms with van der Waals surface area (Å²) in [5.74, 6) is -9.11. The second-order valence-electron chi connectivity index (χ2n) is 8.75. The molecule has 2 fully saturated rings. The molecule has 1 aromatic carbocycles. The smallest absolute Gasteiger partial charge is 0.408 e. The SMILES string of the molecule is CC(C)(C)OC(=O)N[C@]1(C(=O)O)[C@@H]2[C@@H](C(=O)O)[C@@H]2[C@H](O)[C@H]1CSc1ccc(F)c(F)c1. The molecule has 0 spiro atoms. The average Bonchev–Trinajstić information content (AvgIpc) is 3.32. The van der Waals surface area contributed by atoms with Crippen LogP contribution in [-0.4, -0.2) is 56.3 Å². The first-order chi connectivity index (χ1) is 14.3. The number of carbonyl (C=O) groups is 3. The van der Waals surface area contributed by atoms with Crippen LogP contribution in [0.3, 0.4) is 0 Å². The summed E-state index contributed by atoms with van der Waals surface area (Å²) < 4.78 is 31.8. The van der Waals surface area contributed by atoms with Crippen LogP contribution in [0.25, 0.3) is 0 Å². The fourth-order valence-corrected chi connectivity index (χ4v) is 5.62. The molecule has 1 aromatic rings. The molecule has 11 heteroatoms. The van der Waals surface area contributed by atoms with Gasteiger partial charge in [-0.1, -0.05) is 0 Å². The van der Waals surface area contributed by atoms with Crippen LogP contribution in [0, 0.1) is 35.3 Å². The van der Waals surface area contributed by atoms with E-state index in [1.54, 1.807) is 20.8 Å². The van der Waals surface area contributed by atoms with Gasteiger partial charge in [0, 0.05) is 28.4 Å². The van der Waals surface area contributed by atoms with E-state index in [1.165, 1.54) is 6.07 Å². The van der Waals surface area contributed by atoms with Gasteiger partial charge in [0.15, 0.2) is 17.2 Å². The molecular formula is C20H23F2NO7S. The molecule has 0 heterocycles. The van der Waals surface area contributed by atoms with Crippen LogP contribution in [0.4, 0.5) is 13.6 Å². The number of carbonyl (C=O) groups excluding carboxylic acids is 1. The minimum atomic E-state index is -2.10. The number of aliphatic hydroxyl groups is 1. The maximum Gasteiger partial charge on any atom is 0.408 e. The molecule has 2 saturated carbocycles. The van der Waals surface area contributed by atoms with E-state index in [1.807, 2.05) is 0 Å². The maximum atomic E-state index is 13.5. The molecule has 0 unspecified atom stereocenters. The van der Waals surface area contributed by atoms with Crippen LogP contribution in [0.5, 0.6) is 0 Å². The van der Waals surface area contributed by atoms with Gasteiger partial charge in [-0.2, -0.15) is 0 Å². The van der Waals surface area contributed by atoms with E-state index < -0.39 is 70.6 Å². The number of halogens is 2. The summed E-state index contributed by atoms with van der Waals surface area (Å²) in [6, 6.07) is 3.16. The Morgan fingerprint density at radius 3 is 2.35 bits per heavy atom. The van der Waals surface area contributed by atoms with Crippen LogP contribution >= 0.6 is 11.8 Å². The molecule has 8 nitrogen and oxygen atoms in total. The summed E-state index contributed by atoms with van der Waals surface area (Å²) in [5.41, 5.74) is -3.03. The summed E-state index contributed by atoms with van der Waals surface area (Å²) in [6.07, 6.45) is -2.39. The maximum absolute atomic E-state index is 13.5. The van der Waals surface area contributed by atoms with Gasteiger partial charge in [0.2, 0.25) is 0 Å². The van der Waals surface area contributed by atoms with Crippen LogP contribution < -0.4 is 5.32 Å². The highest BCUT2D eigenvalue weighted by Crippen LogP contribution is 2.65. The van der Waals surface area contributed by atoms with Gasteiger partial charge in [0.1, 0.15) is 5.60 Å². The molecule has 1 amide bonds. The van der Waals surface area contributed by atoms with Gasteiger partial charge >= 0.3 is 18.0 Å².